The van der Waals surface area contributed by atoms with Gasteiger partial charge in [-0.25, -0.2) is 0 Å². The third-order valence-corrected chi connectivity index (χ3v) is 3.36. The second-order valence-electron chi connectivity index (χ2n) is 4.65. The second-order valence-corrected chi connectivity index (χ2v) is 4.65. The van der Waals surface area contributed by atoms with Crippen molar-refractivity contribution in [2.24, 2.45) is 5.73 Å². The average Bonchev–Trinajstić information content (AvgIpc) is 2.22. The molecule has 3 atom stereocenters. The number of nitriles is 1. The fourth-order valence-corrected chi connectivity index (χ4v) is 2.08. The van der Waals surface area contributed by atoms with E-state index in [9.17, 15) is 0 Å². The number of nitrogens with two attached hydrogens (primary N) is 1. The highest BCUT2D eigenvalue weighted by atomic mass is 15.3. The zero-order chi connectivity index (χ0) is 11.4. The molecule has 1 heterocycles. The molecule has 0 bridgehead atoms. The number of hydrogen-bond donors (Lipinski definition) is 1. The molecule has 1 aliphatic rings. The van der Waals surface area contributed by atoms with Crippen molar-refractivity contribution < 1.29 is 0 Å². The van der Waals surface area contributed by atoms with Gasteiger partial charge in [0.05, 0.1) is 12.1 Å². The van der Waals surface area contributed by atoms with Crippen LogP contribution < -0.4 is 5.73 Å². The molecule has 15 heavy (non-hydrogen) atoms. The van der Waals surface area contributed by atoms with Crippen LogP contribution in [-0.4, -0.2) is 54.6 Å². The van der Waals surface area contributed by atoms with Crippen molar-refractivity contribution in [3.63, 3.8) is 0 Å². The summed E-state index contributed by atoms with van der Waals surface area (Å²) in [6, 6.07) is 2.95. The first-order chi connectivity index (χ1) is 7.04. The van der Waals surface area contributed by atoms with Crippen LogP contribution in [0.25, 0.3) is 0 Å². The van der Waals surface area contributed by atoms with E-state index in [1.165, 1.54) is 0 Å². The Morgan fingerprint density at radius 1 is 1.40 bits per heavy atom. The van der Waals surface area contributed by atoms with E-state index < -0.39 is 0 Å². The first kappa shape index (κ1) is 12.4. The van der Waals surface area contributed by atoms with Crippen molar-refractivity contribution >= 4 is 0 Å². The van der Waals surface area contributed by atoms with Gasteiger partial charge in [-0.1, -0.05) is 0 Å². The van der Waals surface area contributed by atoms with Gasteiger partial charge in [-0.05, 0) is 27.3 Å². The van der Waals surface area contributed by atoms with Gasteiger partial charge in [0.15, 0.2) is 0 Å². The SMILES string of the molecule is CC1CN(CCC(N)C#N)CC(C)N1C. The van der Waals surface area contributed by atoms with E-state index in [0.29, 0.717) is 12.1 Å². The summed E-state index contributed by atoms with van der Waals surface area (Å²) in [5.41, 5.74) is 5.59. The van der Waals surface area contributed by atoms with Crippen LogP contribution in [0.1, 0.15) is 20.3 Å². The number of likely N-dealkylation sites (N-methyl/N-ethyl adjacent to an activating group) is 1. The van der Waals surface area contributed by atoms with Crippen molar-refractivity contribution in [3.05, 3.63) is 0 Å². The third kappa shape index (κ3) is 3.45. The predicted octanol–water partition coefficient (Wildman–Crippen LogP) is 0.252. The van der Waals surface area contributed by atoms with Crippen LogP contribution in [-0.2, 0) is 0 Å². The van der Waals surface area contributed by atoms with E-state index in [1.54, 1.807) is 0 Å². The lowest BCUT2D eigenvalue weighted by molar-refractivity contribution is 0.0591. The van der Waals surface area contributed by atoms with Crippen LogP contribution >= 0.6 is 0 Å². The van der Waals surface area contributed by atoms with Crippen molar-refractivity contribution in [1.82, 2.24) is 9.80 Å². The Balaban J connectivity index is 2.35. The summed E-state index contributed by atoms with van der Waals surface area (Å²) < 4.78 is 0. The molecule has 0 aromatic carbocycles. The normalized spacial score (nSPS) is 31.1. The van der Waals surface area contributed by atoms with Crippen LogP contribution in [0.4, 0.5) is 0 Å². The summed E-state index contributed by atoms with van der Waals surface area (Å²) >= 11 is 0. The Morgan fingerprint density at radius 3 is 2.40 bits per heavy atom. The van der Waals surface area contributed by atoms with Gasteiger partial charge in [0, 0.05) is 31.7 Å². The molecular weight excluding hydrogens is 188 g/mol. The van der Waals surface area contributed by atoms with Gasteiger partial charge in [-0.2, -0.15) is 5.26 Å². The highest BCUT2D eigenvalue weighted by Gasteiger charge is 2.26. The molecule has 1 saturated heterocycles. The van der Waals surface area contributed by atoms with Gasteiger partial charge in [-0.3, -0.25) is 4.90 Å². The summed E-state index contributed by atoms with van der Waals surface area (Å²) in [7, 11) is 2.17. The monoisotopic (exact) mass is 210 g/mol. The van der Waals surface area contributed by atoms with E-state index in [4.69, 9.17) is 11.0 Å². The average molecular weight is 210 g/mol. The van der Waals surface area contributed by atoms with Crippen LogP contribution in [0.2, 0.25) is 0 Å². The fourth-order valence-electron chi connectivity index (χ4n) is 2.08. The summed E-state index contributed by atoms with van der Waals surface area (Å²) in [5.74, 6) is 0. The van der Waals surface area contributed by atoms with Crippen molar-refractivity contribution in [2.45, 2.75) is 38.4 Å². The van der Waals surface area contributed by atoms with Crippen LogP contribution in [0, 0.1) is 11.3 Å². The maximum Gasteiger partial charge on any atom is 0.0940 e. The van der Waals surface area contributed by atoms with Gasteiger partial charge < -0.3 is 10.6 Å². The molecule has 0 radical (unpaired) electrons. The topological polar surface area (TPSA) is 56.3 Å². The molecule has 2 N–H and O–H groups in total. The number of rotatable bonds is 3. The third-order valence-electron chi connectivity index (χ3n) is 3.36. The Kier molecular flexibility index (Phi) is 4.52. The maximum atomic E-state index is 8.61. The Bertz CT molecular complexity index is 223. The standard InChI is InChI=1S/C11H22N4/c1-9-7-15(5-4-11(13)6-12)8-10(2)14(9)3/h9-11H,4-5,7-8,13H2,1-3H3. The van der Waals surface area contributed by atoms with E-state index in [-0.39, 0.29) is 6.04 Å². The maximum absolute atomic E-state index is 8.61. The zero-order valence-electron chi connectivity index (χ0n) is 9.98. The molecule has 1 fully saturated rings. The first-order valence-electron chi connectivity index (χ1n) is 5.64. The van der Waals surface area contributed by atoms with Crippen molar-refractivity contribution in [3.8, 4) is 6.07 Å². The minimum Gasteiger partial charge on any atom is -0.316 e. The number of piperazine rings is 1. The minimum absolute atomic E-state index is 0.310. The molecule has 0 aliphatic carbocycles. The molecule has 1 rings (SSSR count). The van der Waals surface area contributed by atoms with E-state index in [2.05, 4.69) is 36.8 Å². The van der Waals surface area contributed by atoms with Crippen molar-refractivity contribution in [1.29, 1.82) is 5.26 Å². The molecule has 4 heteroatoms. The summed E-state index contributed by atoms with van der Waals surface area (Å²) in [5, 5.41) is 8.61. The quantitative estimate of drug-likeness (QED) is 0.725. The van der Waals surface area contributed by atoms with Gasteiger partial charge in [0.2, 0.25) is 0 Å². The molecule has 86 valence electrons. The molecular formula is C11H22N4. The number of hydrogen-bond acceptors (Lipinski definition) is 4. The van der Waals surface area contributed by atoms with E-state index in [0.717, 1.165) is 26.1 Å². The van der Waals surface area contributed by atoms with E-state index in [1.807, 2.05) is 0 Å². The lowest BCUT2D eigenvalue weighted by Crippen LogP contribution is -2.55. The molecule has 0 saturated carbocycles. The highest BCUT2D eigenvalue weighted by Crippen LogP contribution is 2.13. The molecule has 3 unspecified atom stereocenters. The van der Waals surface area contributed by atoms with Gasteiger partial charge >= 0.3 is 0 Å². The van der Waals surface area contributed by atoms with Crippen LogP contribution in [0.3, 0.4) is 0 Å². The van der Waals surface area contributed by atoms with E-state index >= 15 is 0 Å². The lowest BCUT2D eigenvalue weighted by atomic mass is 10.1. The highest BCUT2D eigenvalue weighted by molar-refractivity contribution is 4.89. The van der Waals surface area contributed by atoms with Crippen LogP contribution in [0.5, 0.6) is 0 Å². The first-order valence-corrected chi connectivity index (χ1v) is 5.64. The molecule has 0 spiro atoms. The Labute approximate surface area is 92.6 Å². The summed E-state index contributed by atoms with van der Waals surface area (Å²) in [4.78, 5) is 4.81. The summed E-state index contributed by atoms with van der Waals surface area (Å²) in [6.07, 6.45) is 0.777. The molecule has 1 aliphatic heterocycles. The molecule has 4 nitrogen and oxygen atoms in total. The molecule has 0 amide bonds. The minimum atomic E-state index is -0.310. The van der Waals surface area contributed by atoms with Crippen molar-refractivity contribution in [2.75, 3.05) is 26.7 Å². The fraction of sp³-hybridized carbons (Fsp3) is 0.909. The Hall–Kier alpha value is -0.630. The number of nitrogens with zero attached hydrogens (tertiary/aromatic N) is 3. The molecule has 0 aromatic heterocycles. The second kappa shape index (κ2) is 5.45. The largest absolute Gasteiger partial charge is 0.316 e. The van der Waals surface area contributed by atoms with Crippen LogP contribution in [0.15, 0.2) is 0 Å². The van der Waals surface area contributed by atoms with Gasteiger partial charge in [0.1, 0.15) is 0 Å². The summed E-state index contributed by atoms with van der Waals surface area (Å²) in [6.45, 7) is 7.59. The van der Waals surface area contributed by atoms with Gasteiger partial charge in [0.25, 0.3) is 0 Å². The molecule has 0 aromatic rings. The lowest BCUT2D eigenvalue weighted by Gasteiger charge is -2.42. The zero-order valence-corrected chi connectivity index (χ0v) is 9.98. The Morgan fingerprint density at radius 2 is 1.93 bits per heavy atom. The van der Waals surface area contributed by atoms with Gasteiger partial charge in [-0.15, -0.1) is 0 Å². The predicted molar refractivity (Wildman–Crippen MR) is 61.3 cm³/mol. The smallest absolute Gasteiger partial charge is 0.0940 e.